The van der Waals surface area contributed by atoms with Crippen molar-refractivity contribution in [2.45, 2.75) is 38.3 Å². The molecule has 0 atom stereocenters. The van der Waals surface area contributed by atoms with E-state index in [4.69, 9.17) is 0 Å². The predicted molar refractivity (Wildman–Crippen MR) is 83.2 cm³/mol. The van der Waals surface area contributed by atoms with Gasteiger partial charge in [0.2, 0.25) is 0 Å². The molecule has 1 N–H and O–H groups in total. The van der Waals surface area contributed by atoms with E-state index < -0.39 is 0 Å². The number of likely N-dealkylation sites (tertiary alicyclic amines) is 1. The minimum Gasteiger partial charge on any atom is -0.314 e. The Morgan fingerprint density at radius 1 is 1.16 bits per heavy atom. The summed E-state index contributed by atoms with van der Waals surface area (Å²) in [7, 11) is 0. The fraction of sp³-hybridized carbons (Fsp3) is 0.625. The van der Waals surface area contributed by atoms with Crippen molar-refractivity contribution in [3.05, 3.63) is 34.3 Å². The van der Waals surface area contributed by atoms with Gasteiger partial charge in [-0.15, -0.1) is 0 Å². The average molecular weight is 323 g/mol. The average Bonchev–Trinajstić information content (AvgIpc) is 3.22. The Hall–Kier alpha value is -0.380. The number of benzene rings is 1. The second-order valence-electron chi connectivity index (χ2n) is 6.03. The maximum absolute atomic E-state index is 3.67. The molecule has 1 aromatic carbocycles. The molecule has 3 heteroatoms. The molecule has 1 aromatic rings. The number of rotatable bonds is 5. The Balaban J connectivity index is 1.42. The quantitative estimate of drug-likeness (QED) is 0.893. The van der Waals surface area contributed by atoms with E-state index in [-0.39, 0.29) is 0 Å². The monoisotopic (exact) mass is 322 g/mol. The Kier molecular flexibility index (Phi) is 4.57. The molecule has 0 aromatic heterocycles. The second-order valence-corrected chi connectivity index (χ2v) is 6.95. The van der Waals surface area contributed by atoms with Crippen LogP contribution in [0.1, 0.15) is 31.2 Å². The number of piperidine rings is 1. The summed E-state index contributed by atoms with van der Waals surface area (Å²) in [5.41, 5.74) is 1.42. The van der Waals surface area contributed by atoms with E-state index in [2.05, 4.69) is 50.4 Å². The molecule has 0 amide bonds. The van der Waals surface area contributed by atoms with Crippen molar-refractivity contribution in [2.24, 2.45) is 5.92 Å². The Bertz CT molecular complexity index is 409. The van der Waals surface area contributed by atoms with Crippen molar-refractivity contribution in [2.75, 3.05) is 19.6 Å². The van der Waals surface area contributed by atoms with E-state index in [9.17, 15) is 0 Å². The van der Waals surface area contributed by atoms with Crippen LogP contribution in [-0.2, 0) is 6.54 Å². The van der Waals surface area contributed by atoms with E-state index in [0.29, 0.717) is 0 Å². The zero-order valence-electron chi connectivity index (χ0n) is 11.4. The van der Waals surface area contributed by atoms with E-state index >= 15 is 0 Å². The number of hydrogen-bond acceptors (Lipinski definition) is 2. The summed E-state index contributed by atoms with van der Waals surface area (Å²) in [4.78, 5) is 2.59. The zero-order valence-corrected chi connectivity index (χ0v) is 13.0. The molecular formula is C16H23BrN2. The third-order valence-electron chi connectivity index (χ3n) is 4.27. The van der Waals surface area contributed by atoms with Gasteiger partial charge in [-0.25, -0.2) is 0 Å². The molecule has 0 unspecified atom stereocenters. The van der Waals surface area contributed by atoms with Crippen LogP contribution in [0.15, 0.2) is 28.7 Å². The highest BCUT2D eigenvalue weighted by Crippen LogP contribution is 2.23. The molecule has 1 aliphatic heterocycles. The zero-order chi connectivity index (χ0) is 13.1. The topological polar surface area (TPSA) is 15.3 Å². The maximum Gasteiger partial charge on any atom is 0.0234 e. The summed E-state index contributed by atoms with van der Waals surface area (Å²) in [6.07, 6.45) is 5.52. The number of hydrogen-bond donors (Lipinski definition) is 1. The predicted octanol–water partition coefficient (Wildman–Crippen LogP) is 3.41. The lowest BCUT2D eigenvalue weighted by molar-refractivity contribution is 0.175. The first-order valence-electron chi connectivity index (χ1n) is 7.50. The van der Waals surface area contributed by atoms with E-state index in [1.54, 1.807) is 0 Å². The molecule has 3 rings (SSSR count). The van der Waals surface area contributed by atoms with E-state index in [0.717, 1.165) is 18.5 Å². The van der Waals surface area contributed by atoms with Gasteiger partial charge in [-0.05, 0) is 68.9 Å². The van der Waals surface area contributed by atoms with Crippen molar-refractivity contribution in [1.82, 2.24) is 10.2 Å². The molecule has 0 spiro atoms. The third kappa shape index (κ3) is 4.30. The summed E-state index contributed by atoms with van der Waals surface area (Å²) < 4.78 is 1.19. The Morgan fingerprint density at radius 3 is 2.63 bits per heavy atom. The van der Waals surface area contributed by atoms with Crippen LogP contribution in [-0.4, -0.2) is 30.6 Å². The summed E-state index contributed by atoms with van der Waals surface area (Å²) in [5.74, 6) is 0.902. The SMILES string of the molecule is Brc1cccc(CN2CCC(CNC3CC3)CC2)c1. The van der Waals surface area contributed by atoms with Crippen LogP contribution >= 0.6 is 15.9 Å². The van der Waals surface area contributed by atoms with Gasteiger partial charge in [-0.2, -0.15) is 0 Å². The van der Waals surface area contributed by atoms with Gasteiger partial charge in [-0.1, -0.05) is 28.1 Å². The highest BCUT2D eigenvalue weighted by atomic mass is 79.9. The lowest BCUT2D eigenvalue weighted by Gasteiger charge is -2.32. The van der Waals surface area contributed by atoms with E-state index in [1.807, 2.05) is 0 Å². The third-order valence-corrected chi connectivity index (χ3v) is 4.77. The Labute approximate surface area is 124 Å². The fourth-order valence-corrected chi connectivity index (χ4v) is 3.31. The first-order valence-corrected chi connectivity index (χ1v) is 8.29. The van der Waals surface area contributed by atoms with Crippen molar-refractivity contribution >= 4 is 15.9 Å². The molecule has 1 aliphatic carbocycles. The van der Waals surface area contributed by atoms with Gasteiger partial charge in [0.25, 0.3) is 0 Å². The Morgan fingerprint density at radius 2 is 1.95 bits per heavy atom. The number of nitrogens with zero attached hydrogens (tertiary/aromatic N) is 1. The normalized spacial score (nSPS) is 21.7. The van der Waals surface area contributed by atoms with Crippen molar-refractivity contribution in [1.29, 1.82) is 0 Å². The second kappa shape index (κ2) is 6.38. The molecule has 0 radical (unpaired) electrons. The van der Waals surface area contributed by atoms with Gasteiger partial charge in [0, 0.05) is 17.1 Å². The van der Waals surface area contributed by atoms with Gasteiger partial charge in [0.15, 0.2) is 0 Å². The number of halogens is 1. The first-order chi connectivity index (χ1) is 9.29. The summed E-state index contributed by atoms with van der Waals surface area (Å²) in [6.45, 7) is 4.85. The van der Waals surface area contributed by atoms with Crippen LogP contribution in [0.25, 0.3) is 0 Å². The maximum atomic E-state index is 3.67. The van der Waals surface area contributed by atoms with Crippen LogP contribution in [0.5, 0.6) is 0 Å². The molecule has 2 fully saturated rings. The van der Waals surface area contributed by atoms with Gasteiger partial charge >= 0.3 is 0 Å². The minimum atomic E-state index is 0.861. The molecule has 104 valence electrons. The van der Waals surface area contributed by atoms with Crippen molar-refractivity contribution < 1.29 is 0 Å². The van der Waals surface area contributed by atoms with Gasteiger partial charge in [-0.3, -0.25) is 4.90 Å². The fourth-order valence-electron chi connectivity index (χ4n) is 2.86. The molecule has 1 saturated heterocycles. The summed E-state index contributed by atoms with van der Waals surface area (Å²) in [6, 6.07) is 9.55. The standard InChI is InChI=1S/C16H23BrN2/c17-15-3-1-2-14(10-15)12-19-8-6-13(7-9-19)11-18-16-4-5-16/h1-3,10,13,16,18H,4-9,11-12H2. The smallest absolute Gasteiger partial charge is 0.0234 e. The number of nitrogens with one attached hydrogen (secondary N) is 1. The highest BCUT2D eigenvalue weighted by molar-refractivity contribution is 9.10. The first kappa shape index (κ1) is 13.6. The summed E-state index contributed by atoms with van der Waals surface area (Å²) in [5, 5.41) is 3.67. The van der Waals surface area contributed by atoms with Crippen molar-refractivity contribution in [3.63, 3.8) is 0 Å². The summed E-state index contributed by atoms with van der Waals surface area (Å²) >= 11 is 3.55. The van der Waals surface area contributed by atoms with Crippen LogP contribution in [0, 0.1) is 5.92 Å². The van der Waals surface area contributed by atoms with Crippen LogP contribution in [0.4, 0.5) is 0 Å². The highest BCUT2D eigenvalue weighted by Gasteiger charge is 2.24. The molecule has 1 heterocycles. The van der Waals surface area contributed by atoms with Gasteiger partial charge in [0.1, 0.15) is 0 Å². The molecular weight excluding hydrogens is 300 g/mol. The van der Waals surface area contributed by atoms with Crippen molar-refractivity contribution in [3.8, 4) is 0 Å². The molecule has 2 aliphatic rings. The van der Waals surface area contributed by atoms with Crippen LogP contribution in [0.2, 0.25) is 0 Å². The van der Waals surface area contributed by atoms with Crippen LogP contribution in [0.3, 0.4) is 0 Å². The lowest BCUT2D eigenvalue weighted by Crippen LogP contribution is -2.37. The lowest BCUT2D eigenvalue weighted by atomic mass is 9.96. The van der Waals surface area contributed by atoms with E-state index in [1.165, 1.54) is 55.4 Å². The largest absolute Gasteiger partial charge is 0.314 e. The molecule has 0 bridgehead atoms. The van der Waals surface area contributed by atoms with Gasteiger partial charge < -0.3 is 5.32 Å². The minimum absolute atomic E-state index is 0.861. The molecule has 19 heavy (non-hydrogen) atoms. The molecule has 1 saturated carbocycles. The molecule has 2 nitrogen and oxygen atoms in total. The van der Waals surface area contributed by atoms with Crippen LogP contribution < -0.4 is 5.32 Å². The van der Waals surface area contributed by atoms with Gasteiger partial charge in [0.05, 0.1) is 0 Å².